The number of benzene rings is 3. The molecule has 0 amide bonds. The largest absolute Gasteiger partial charge is 0.458 e. The van der Waals surface area contributed by atoms with E-state index in [4.69, 9.17) is 16.2 Å². The van der Waals surface area contributed by atoms with Gasteiger partial charge in [-0.05, 0) is 67.9 Å². The molecule has 0 fully saturated rings. The van der Waals surface area contributed by atoms with Crippen LogP contribution in [0.4, 0.5) is 34.6 Å². The molecule has 3 heterocycles. The van der Waals surface area contributed by atoms with Crippen molar-refractivity contribution in [3.63, 3.8) is 0 Å². The summed E-state index contributed by atoms with van der Waals surface area (Å²) < 4.78 is 5.95. The van der Waals surface area contributed by atoms with Crippen LogP contribution < -0.4 is 26.8 Å². The number of nitrogens with one attached hydrogen (secondary N) is 2. The summed E-state index contributed by atoms with van der Waals surface area (Å²) in [5, 5.41) is 8.17. The first-order chi connectivity index (χ1) is 19.4. The standard InChI is InChI=1S/C30H27N9O/c1-17-12-24(31)22-14-20(8-10-26(22)33-17)35-28-37-29(39-30(38-28)40-16-19-6-4-3-5-7-19)36-21-9-11-27-23(15-21)25(32)13-18(2)34-27/h3-15H,16H2,1-2H3,(H2,31,33)(H2,32,34)(H2,35,36,37,38,39). The Balaban J connectivity index is 1.33. The van der Waals surface area contributed by atoms with Crippen LogP contribution in [0, 0.1) is 13.8 Å². The molecular formula is C30H27N9O. The maximum atomic E-state index is 6.25. The molecule has 0 radical (unpaired) electrons. The fourth-order valence-corrected chi connectivity index (χ4v) is 4.45. The van der Waals surface area contributed by atoms with Gasteiger partial charge in [0.1, 0.15) is 6.61 Å². The van der Waals surface area contributed by atoms with E-state index in [-0.39, 0.29) is 6.01 Å². The third kappa shape index (κ3) is 5.37. The second kappa shape index (κ2) is 10.3. The number of pyridine rings is 2. The zero-order valence-electron chi connectivity index (χ0n) is 22.0. The lowest BCUT2D eigenvalue weighted by Crippen LogP contribution is -2.07. The summed E-state index contributed by atoms with van der Waals surface area (Å²) in [6.45, 7) is 4.14. The van der Waals surface area contributed by atoms with Gasteiger partial charge in [0, 0.05) is 44.9 Å². The van der Waals surface area contributed by atoms with E-state index in [0.717, 1.165) is 50.1 Å². The van der Waals surface area contributed by atoms with Crippen LogP contribution in [0.15, 0.2) is 78.9 Å². The average molecular weight is 530 g/mol. The van der Waals surface area contributed by atoms with Crippen molar-refractivity contribution < 1.29 is 4.74 Å². The third-order valence-electron chi connectivity index (χ3n) is 6.28. The molecule has 0 unspecified atom stereocenters. The first kappa shape index (κ1) is 24.8. The summed E-state index contributed by atoms with van der Waals surface area (Å²) in [7, 11) is 0. The highest BCUT2D eigenvalue weighted by Crippen LogP contribution is 2.28. The smallest absolute Gasteiger partial charge is 0.323 e. The van der Waals surface area contributed by atoms with Gasteiger partial charge in [0.2, 0.25) is 11.9 Å². The SMILES string of the molecule is Cc1cc(N)c2cc(Nc3nc(Nc4ccc5nc(C)cc(N)c5c4)nc(OCc4ccccc4)n3)ccc2n1. The predicted octanol–water partition coefficient (Wildman–Crippen LogP) is 5.82. The number of anilines is 6. The summed E-state index contributed by atoms with van der Waals surface area (Å²) in [6.07, 6.45) is 0. The van der Waals surface area contributed by atoms with Gasteiger partial charge in [-0.25, -0.2) is 0 Å². The molecule has 6 aromatic rings. The third-order valence-corrected chi connectivity index (χ3v) is 6.28. The monoisotopic (exact) mass is 529 g/mol. The maximum absolute atomic E-state index is 6.25. The highest BCUT2D eigenvalue weighted by atomic mass is 16.5. The van der Waals surface area contributed by atoms with Crippen molar-refractivity contribution >= 4 is 56.5 Å². The zero-order chi connectivity index (χ0) is 27.6. The molecule has 0 atom stereocenters. The maximum Gasteiger partial charge on any atom is 0.323 e. The minimum atomic E-state index is 0.166. The molecule has 40 heavy (non-hydrogen) atoms. The van der Waals surface area contributed by atoms with E-state index in [9.17, 15) is 0 Å². The number of nitrogens with zero attached hydrogens (tertiary/aromatic N) is 5. The molecule has 0 aliphatic heterocycles. The molecular weight excluding hydrogens is 502 g/mol. The van der Waals surface area contributed by atoms with E-state index < -0.39 is 0 Å². The Labute approximate surface area is 230 Å². The van der Waals surface area contributed by atoms with Crippen molar-refractivity contribution in [3.05, 3.63) is 95.8 Å². The van der Waals surface area contributed by atoms with Gasteiger partial charge < -0.3 is 26.8 Å². The van der Waals surface area contributed by atoms with E-state index in [1.807, 2.05) is 92.7 Å². The Morgan fingerprint density at radius 3 is 1.68 bits per heavy atom. The normalized spacial score (nSPS) is 11.1. The molecule has 3 aromatic carbocycles. The molecule has 6 N–H and O–H groups in total. The van der Waals surface area contributed by atoms with E-state index in [1.54, 1.807) is 0 Å². The number of ether oxygens (including phenoxy) is 1. The van der Waals surface area contributed by atoms with Gasteiger partial charge >= 0.3 is 6.01 Å². The van der Waals surface area contributed by atoms with Crippen molar-refractivity contribution in [2.24, 2.45) is 0 Å². The lowest BCUT2D eigenvalue weighted by molar-refractivity contribution is 0.281. The average Bonchev–Trinajstić information content (AvgIpc) is 2.93. The molecule has 0 aliphatic carbocycles. The van der Waals surface area contributed by atoms with Crippen molar-refractivity contribution in [3.8, 4) is 6.01 Å². The van der Waals surface area contributed by atoms with Crippen molar-refractivity contribution in [2.45, 2.75) is 20.5 Å². The van der Waals surface area contributed by atoms with E-state index >= 15 is 0 Å². The Bertz CT molecular complexity index is 1750. The van der Waals surface area contributed by atoms with Crippen molar-refractivity contribution in [2.75, 3.05) is 22.1 Å². The van der Waals surface area contributed by atoms with E-state index in [1.165, 1.54) is 0 Å². The fraction of sp³-hybridized carbons (Fsp3) is 0.100. The number of fused-ring (bicyclic) bond motifs is 2. The van der Waals surface area contributed by atoms with Crippen LogP contribution in [-0.2, 0) is 6.61 Å². The minimum Gasteiger partial charge on any atom is -0.458 e. The lowest BCUT2D eigenvalue weighted by atomic mass is 10.1. The second-order valence-corrected chi connectivity index (χ2v) is 9.46. The molecule has 3 aromatic heterocycles. The number of hydrogen-bond acceptors (Lipinski definition) is 10. The molecule has 10 heteroatoms. The van der Waals surface area contributed by atoms with Gasteiger partial charge in [0.05, 0.1) is 11.0 Å². The molecule has 0 saturated carbocycles. The zero-order valence-corrected chi connectivity index (χ0v) is 22.0. The van der Waals surface area contributed by atoms with Gasteiger partial charge in [-0.1, -0.05) is 30.3 Å². The van der Waals surface area contributed by atoms with Crippen molar-refractivity contribution in [1.82, 2.24) is 24.9 Å². The van der Waals surface area contributed by atoms with Crippen molar-refractivity contribution in [1.29, 1.82) is 0 Å². The minimum absolute atomic E-state index is 0.166. The molecule has 10 nitrogen and oxygen atoms in total. The van der Waals surface area contributed by atoms with Gasteiger partial charge in [-0.2, -0.15) is 15.0 Å². The van der Waals surface area contributed by atoms with Crippen LogP contribution in [0.3, 0.4) is 0 Å². The number of hydrogen-bond donors (Lipinski definition) is 4. The summed E-state index contributed by atoms with van der Waals surface area (Å²) in [4.78, 5) is 22.7. The molecule has 0 bridgehead atoms. The lowest BCUT2D eigenvalue weighted by Gasteiger charge is -2.12. The first-order valence-corrected chi connectivity index (χ1v) is 12.7. The summed E-state index contributed by atoms with van der Waals surface area (Å²) >= 11 is 0. The number of nitrogen functional groups attached to an aromatic ring is 2. The van der Waals surface area contributed by atoms with Crippen LogP contribution in [0.2, 0.25) is 0 Å². The van der Waals surface area contributed by atoms with E-state index in [2.05, 4.69) is 35.6 Å². The Kier molecular flexibility index (Phi) is 6.41. The van der Waals surface area contributed by atoms with Gasteiger partial charge in [-0.3, -0.25) is 9.97 Å². The number of aromatic nitrogens is 5. The summed E-state index contributed by atoms with van der Waals surface area (Å²) in [6, 6.07) is 25.1. The summed E-state index contributed by atoms with van der Waals surface area (Å²) in [5.74, 6) is 0.604. The summed E-state index contributed by atoms with van der Waals surface area (Å²) in [5.41, 5.74) is 19.6. The van der Waals surface area contributed by atoms with Gasteiger partial charge in [0.15, 0.2) is 0 Å². The highest BCUT2D eigenvalue weighted by Gasteiger charge is 2.12. The van der Waals surface area contributed by atoms with Crippen LogP contribution in [0.5, 0.6) is 6.01 Å². The van der Waals surface area contributed by atoms with Crippen LogP contribution >= 0.6 is 0 Å². The predicted molar refractivity (Wildman–Crippen MR) is 159 cm³/mol. The van der Waals surface area contributed by atoms with E-state index in [0.29, 0.717) is 29.9 Å². The fourth-order valence-electron chi connectivity index (χ4n) is 4.45. The Morgan fingerprint density at radius 1 is 0.625 bits per heavy atom. The Morgan fingerprint density at radius 2 is 1.15 bits per heavy atom. The molecule has 0 spiro atoms. The van der Waals surface area contributed by atoms with Gasteiger partial charge in [0.25, 0.3) is 0 Å². The van der Waals surface area contributed by atoms with Crippen LogP contribution in [0.25, 0.3) is 21.8 Å². The quantitative estimate of drug-likeness (QED) is 0.199. The topological polar surface area (TPSA) is 150 Å². The molecule has 0 saturated heterocycles. The second-order valence-electron chi connectivity index (χ2n) is 9.46. The molecule has 0 aliphatic rings. The molecule has 6 rings (SSSR count). The number of aryl methyl sites for hydroxylation is 2. The molecule has 198 valence electrons. The van der Waals surface area contributed by atoms with Gasteiger partial charge in [-0.15, -0.1) is 0 Å². The first-order valence-electron chi connectivity index (χ1n) is 12.7. The Hall–Kier alpha value is -5.51. The van der Waals surface area contributed by atoms with Crippen LogP contribution in [-0.4, -0.2) is 24.9 Å². The number of nitrogens with two attached hydrogens (primary N) is 2. The number of rotatable bonds is 7. The highest BCUT2D eigenvalue weighted by molar-refractivity contribution is 5.94. The van der Waals surface area contributed by atoms with Crippen LogP contribution in [0.1, 0.15) is 17.0 Å².